The van der Waals surface area contributed by atoms with E-state index in [2.05, 4.69) is 11.5 Å². The van der Waals surface area contributed by atoms with Gasteiger partial charge in [-0.15, -0.1) is 0 Å². The minimum Gasteiger partial charge on any atom is -0.374 e. The van der Waals surface area contributed by atoms with E-state index in [9.17, 15) is 5.26 Å². The van der Waals surface area contributed by atoms with E-state index in [1.54, 1.807) is 6.08 Å². The van der Waals surface area contributed by atoms with Gasteiger partial charge in [-0.2, -0.15) is 0 Å². The average molecular weight is 340 g/mol. The van der Waals surface area contributed by atoms with Gasteiger partial charge in [-0.3, -0.25) is 5.26 Å². The number of benzene rings is 1. The van der Waals surface area contributed by atoms with Gasteiger partial charge in [0.2, 0.25) is 0 Å². The predicted molar refractivity (Wildman–Crippen MR) is 93.0 cm³/mol. The molecule has 23 heavy (non-hydrogen) atoms. The third-order valence-electron chi connectivity index (χ3n) is 3.48. The van der Waals surface area contributed by atoms with E-state index in [-0.39, 0.29) is 0 Å². The molecule has 130 valence electrons. The molecule has 1 unspecified atom stereocenters. The van der Waals surface area contributed by atoms with Crippen LogP contribution in [0.4, 0.5) is 0 Å². The van der Waals surface area contributed by atoms with Crippen LogP contribution in [0.5, 0.6) is 0 Å². The fraction of sp³-hybridized carbons (Fsp3) is 0.529. The first-order valence-corrected chi connectivity index (χ1v) is 10.0. The summed E-state index contributed by atoms with van der Waals surface area (Å²) < 4.78 is 17.5. The zero-order valence-corrected chi connectivity index (χ0v) is 15.3. The minimum atomic E-state index is -2.73. The molecule has 0 aliphatic heterocycles. The van der Waals surface area contributed by atoms with Crippen LogP contribution in [0.1, 0.15) is 44.4 Å². The maximum Gasteiger partial charge on any atom is 0.501 e. The summed E-state index contributed by atoms with van der Waals surface area (Å²) in [6.07, 6.45) is 1.88. The van der Waals surface area contributed by atoms with Gasteiger partial charge in [0.25, 0.3) is 0 Å². The molecule has 6 heteroatoms. The lowest BCUT2D eigenvalue weighted by atomic mass is 10.1. The molecule has 1 atom stereocenters. The van der Waals surface area contributed by atoms with Gasteiger partial charge in [-0.25, -0.2) is 4.89 Å². The van der Waals surface area contributed by atoms with Gasteiger partial charge in [-0.05, 0) is 38.3 Å². The van der Waals surface area contributed by atoms with Crippen LogP contribution >= 0.6 is 0 Å². The molecule has 0 spiro atoms. The van der Waals surface area contributed by atoms with Crippen molar-refractivity contribution in [3.63, 3.8) is 0 Å². The highest BCUT2D eigenvalue weighted by Gasteiger charge is 2.40. The zero-order chi connectivity index (χ0) is 17.1. The maximum absolute atomic E-state index is 9.27. The summed E-state index contributed by atoms with van der Waals surface area (Å²) in [6, 6.07) is 8.29. The molecule has 0 aliphatic carbocycles. The number of hydrogen-bond donors (Lipinski definition) is 1. The van der Waals surface area contributed by atoms with Crippen molar-refractivity contribution in [3.8, 4) is 0 Å². The van der Waals surface area contributed by atoms with Crippen LogP contribution in [-0.2, 0) is 18.2 Å². The normalized spacial score (nSPS) is 13.0. The second-order valence-electron chi connectivity index (χ2n) is 4.99. The SMILES string of the molecule is C=Cc1ccc(C(CC[Si](OCC)(OCC)OCC)OO)cc1. The van der Waals surface area contributed by atoms with E-state index in [1.165, 1.54) is 0 Å². The van der Waals surface area contributed by atoms with Crippen LogP contribution < -0.4 is 0 Å². The first kappa shape index (κ1) is 20.0. The highest BCUT2D eigenvalue weighted by molar-refractivity contribution is 6.60. The number of rotatable bonds is 12. The molecule has 0 amide bonds. The van der Waals surface area contributed by atoms with Gasteiger partial charge in [0, 0.05) is 25.9 Å². The lowest BCUT2D eigenvalue weighted by Gasteiger charge is -2.29. The Bertz CT molecular complexity index is 432. The van der Waals surface area contributed by atoms with E-state index in [4.69, 9.17) is 13.3 Å². The summed E-state index contributed by atoms with van der Waals surface area (Å²) in [4.78, 5) is 4.67. The van der Waals surface area contributed by atoms with Crippen molar-refractivity contribution in [1.29, 1.82) is 0 Å². The van der Waals surface area contributed by atoms with Gasteiger partial charge in [-0.1, -0.05) is 36.9 Å². The van der Waals surface area contributed by atoms with Crippen molar-refractivity contribution in [1.82, 2.24) is 0 Å². The molecule has 0 saturated heterocycles. The Morgan fingerprint density at radius 1 is 1.04 bits per heavy atom. The summed E-state index contributed by atoms with van der Waals surface area (Å²) in [5.74, 6) is 0. The van der Waals surface area contributed by atoms with E-state index in [0.29, 0.717) is 32.3 Å². The summed E-state index contributed by atoms with van der Waals surface area (Å²) >= 11 is 0. The minimum absolute atomic E-state index is 0.442. The molecular formula is C17H28O5Si. The summed E-state index contributed by atoms with van der Waals surface area (Å²) in [6.45, 7) is 11.1. The standard InChI is InChI=1S/C17H28O5Si/c1-5-15-9-11-16(12-10-15)17(22-18)13-14-23(19-6-2,20-7-3)21-8-4/h5,9-12,17-18H,1,6-8,13-14H2,2-4H3. The van der Waals surface area contributed by atoms with Crippen LogP contribution in [0, 0.1) is 0 Å². The first-order chi connectivity index (χ1) is 11.1. The molecule has 0 aliphatic rings. The lowest BCUT2D eigenvalue weighted by Crippen LogP contribution is -2.46. The molecule has 5 nitrogen and oxygen atoms in total. The molecule has 0 radical (unpaired) electrons. The highest BCUT2D eigenvalue weighted by atomic mass is 28.4. The zero-order valence-electron chi connectivity index (χ0n) is 14.3. The average Bonchev–Trinajstić information content (AvgIpc) is 2.57. The third kappa shape index (κ3) is 6.17. The molecular weight excluding hydrogens is 312 g/mol. The van der Waals surface area contributed by atoms with Gasteiger partial charge in [0.15, 0.2) is 0 Å². The molecule has 1 aromatic carbocycles. The van der Waals surface area contributed by atoms with Crippen LogP contribution in [0.15, 0.2) is 30.8 Å². The molecule has 0 heterocycles. The smallest absolute Gasteiger partial charge is 0.374 e. The monoisotopic (exact) mass is 340 g/mol. The molecule has 1 aromatic rings. The van der Waals surface area contributed by atoms with E-state index < -0.39 is 14.9 Å². The van der Waals surface area contributed by atoms with E-state index >= 15 is 0 Å². The van der Waals surface area contributed by atoms with Crippen LogP contribution in [0.2, 0.25) is 6.04 Å². The van der Waals surface area contributed by atoms with Crippen molar-refractivity contribution in [2.45, 2.75) is 39.3 Å². The van der Waals surface area contributed by atoms with Crippen molar-refractivity contribution < 1.29 is 23.4 Å². The molecule has 1 N–H and O–H groups in total. The van der Waals surface area contributed by atoms with Crippen molar-refractivity contribution >= 4 is 14.9 Å². The summed E-state index contributed by atoms with van der Waals surface area (Å²) in [7, 11) is -2.73. The van der Waals surface area contributed by atoms with Crippen LogP contribution in [0.3, 0.4) is 0 Å². The molecule has 0 fully saturated rings. The summed E-state index contributed by atoms with van der Waals surface area (Å²) in [5.41, 5.74) is 1.91. The highest BCUT2D eigenvalue weighted by Crippen LogP contribution is 2.28. The van der Waals surface area contributed by atoms with Crippen LogP contribution in [-0.4, -0.2) is 33.9 Å². The number of hydrogen-bond acceptors (Lipinski definition) is 5. The first-order valence-electron chi connectivity index (χ1n) is 8.09. The maximum atomic E-state index is 9.27. The fourth-order valence-electron chi connectivity index (χ4n) is 2.44. The summed E-state index contributed by atoms with van der Waals surface area (Å²) in [5, 5.41) is 9.27. The Hall–Kier alpha value is -1.02. The molecule has 0 saturated carbocycles. The second-order valence-corrected chi connectivity index (χ2v) is 7.72. The Labute approximate surface area is 140 Å². The quantitative estimate of drug-likeness (QED) is 0.349. The molecule has 0 aromatic heterocycles. The lowest BCUT2D eigenvalue weighted by molar-refractivity contribution is -0.282. The second kappa shape index (κ2) is 10.7. The van der Waals surface area contributed by atoms with Crippen LogP contribution in [0.25, 0.3) is 6.08 Å². The van der Waals surface area contributed by atoms with Gasteiger partial charge < -0.3 is 13.3 Å². The van der Waals surface area contributed by atoms with Crippen molar-refractivity contribution in [2.24, 2.45) is 0 Å². The van der Waals surface area contributed by atoms with Gasteiger partial charge in [0.1, 0.15) is 6.10 Å². The predicted octanol–water partition coefficient (Wildman–Crippen LogP) is 4.30. The Kier molecular flexibility index (Phi) is 9.31. The largest absolute Gasteiger partial charge is 0.501 e. The molecule has 1 rings (SSSR count). The fourth-order valence-corrected chi connectivity index (χ4v) is 5.05. The van der Waals surface area contributed by atoms with E-state index in [0.717, 1.165) is 11.1 Å². The van der Waals surface area contributed by atoms with Gasteiger partial charge in [0.05, 0.1) is 0 Å². The van der Waals surface area contributed by atoms with Crippen molar-refractivity contribution in [2.75, 3.05) is 19.8 Å². The third-order valence-corrected chi connectivity index (χ3v) is 6.56. The van der Waals surface area contributed by atoms with Gasteiger partial charge >= 0.3 is 8.80 Å². The Balaban J connectivity index is 2.80. The van der Waals surface area contributed by atoms with E-state index in [1.807, 2.05) is 45.0 Å². The topological polar surface area (TPSA) is 57.2 Å². The molecule has 0 bridgehead atoms. The Morgan fingerprint density at radius 2 is 1.57 bits per heavy atom. The van der Waals surface area contributed by atoms with Crippen molar-refractivity contribution in [3.05, 3.63) is 42.0 Å². The Morgan fingerprint density at radius 3 is 1.96 bits per heavy atom.